The van der Waals surface area contributed by atoms with Gasteiger partial charge >= 0.3 is 5.97 Å². The number of halogens is 1. The Morgan fingerprint density at radius 3 is 2.62 bits per heavy atom. The van der Waals surface area contributed by atoms with Crippen LogP contribution in [0.2, 0.25) is 0 Å². The molecule has 0 amide bonds. The highest BCUT2D eigenvalue weighted by molar-refractivity contribution is 5.83. The highest BCUT2D eigenvalue weighted by Gasteiger charge is 2.21. The van der Waals surface area contributed by atoms with Gasteiger partial charge in [0.15, 0.2) is 6.29 Å². The molecule has 84 valence electrons. The molecule has 0 heterocycles. The van der Waals surface area contributed by atoms with Gasteiger partial charge in [-0.25, -0.2) is 4.39 Å². The number of hydrogen-bond donors (Lipinski definition) is 1. The topological polar surface area (TPSA) is 97.5 Å². The van der Waals surface area contributed by atoms with Crippen LogP contribution in [0.5, 0.6) is 0 Å². The molecule has 0 aliphatic rings. The molecular formula is C9H6FNO5. The van der Waals surface area contributed by atoms with Crippen LogP contribution < -0.4 is 0 Å². The van der Waals surface area contributed by atoms with E-state index in [2.05, 4.69) is 0 Å². The Hall–Kier alpha value is -2.31. The fourth-order valence-electron chi connectivity index (χ4n) is 1.25. The summed E-state index contributed by atoms with van der Waals surface area (Å²) in [7, 11) is 0. The molecule has 0 fully saturated rings. The molecule has 6 nitrogen and oxygen atoms in total. The number of aldehydes is 1. The molecule has 0 spiro atoms. The second kappa shape index (κ2) is 4.47. The summed E-state index contributed by atoms with van der Waals surface area (Å²) < 4.78 is 12.9. The Morgan fingerprint density at radius 2 is 2.19 bits per heavy atom. The fraction of sp³-hybridized carbons (Fsp3) is 0.111. The lowest BCUT2D eigenvalue weighted by Crippen LogP contribution is -2.07. The first-order valence-electron chi connectivity index (χ1n) is 4.09. The molecule has 0 bridgehead atoms. The molecule has 0 saturated carbocycles. The standard InChI is InChI=1S/C9H6FNO5/c10-6-1-5(4-12)7(3-9(13)14)8(2-6)11(15)16/h1-2,4H,3H2,(H,13,14). The lowest BCUT2D eigenvalue weighted by Gasteiger charge is -2.03. The molecule has 0 aromatic heterocycles. The van der Waals surface area contributed by atoms with E-state index in [9.17, 15) is 24.1 Å². The van der Waals surface area contributed by atoms with Crippen molar-refractivity contribution in [1.29, 1.82) is 0 Å². The van der Waals surface area contributed by atoms with Crippen molar-refractivity contribution in [2.75, 3.05) is 0 Å². The summed E-state index contributed by atoms with van der Waals surface area (Å²) in [4.78, 5) is 30.6. The Bertz CT molecular complexity index is 471. The van der Waals surface area contributed by atoms with Gasteiger partial charge in [0, 0.05) is 5.56 Å². The number of nitrogens with zero attached hydrogens (tertiary/aromatic N) is 1. The average Bonchev–Trinajstić information content (AvgIpc) is 2.19. The summed E-state index contributed by atoms with van der Waals surface area (Å²) >= 11 is 0. The molecule has 1 aromatic carbocycles. The number of carboxylic acids is 1. The first kappa shape index (κ1) is 11.8. The minimum absolute atomic E-state index is 0.189. The average molecular weight is 227 g/mol. The van der Waals surface area contributed by atoms with Gasteiger partial charge in [-0.05, 0) is 6.07 Å². The molecular weight excluding hydrogens is 221 g/mol. The molecule has 1 aromatic rings. The molecule has 0 atom stereocenters. The van der Waals surface area contributed by atoms with Crippen LogP contribution >= 0.6 is 0 Å². The van der Waals surface area contributed by atoms with Crippen molar-refractivity contribution in [2.24, 2.45) is 0 Å². The molecule has 0 saturated heterocycles. The normalized spacial score (nSPS) is 9.81. The first-order valence-corrected chi connectivity index (χ1v) is 4.09. The third-order valence-corrected chi connectivity index (χ3v) is 1.88. The smallest absolute Gasteiger partial charge is 0.308 e. The number of benzene rings is 1. The Balaban J connectivity index is 3.44. The van der Waals surface area contributed by atoms with Crippen molar-refractivity contribution in [1.82, 2.24) is 0 Å². The number of nitro groups is 1. The van der Waals surface area contributed by atoms with E-state index in [1.54, 1.807) is 0 Å². The van der Waals surface area contributed by atoms with Gasteiger partial charge in [0.05, 0.1) is 23.0 Å². The highest BCUT2D eigenvalue weighted by Crippen LogP contribution is 2.23. The fourth-order valence-corrected chi connectivity index (χ4v) is 1.25. The lowest BCUT2D eigenvalue weighted by molar-refractivity contribution is -0.385. The third kappa shape index (κ3) is 2.38. The maximum absolute atomic E-state index is 12.9. The van der Waals surface area contributed by atoms with Crippen LogP contribution in [0.4, 0.5) is 10.1 Å². The molecule has 7 heteroatoms. The van der Waals surface area contributed by atoms with E-state index in [-0.39, 0.29) is 17.4 Å². The van der Waals surface area contributed by atoms with Crippen LogP contribution in [0.1, 0.15) is 15.9 Å². The molecule has 1 N–H and O–H groups in total. The van der Waals surface area contributed by atoms with Crippen molar-refractivity contribution in [3.8, 4) is 0 Å². The predicted octanol–water partition coefficient (Wildman–Crippen LogP) is 1.17. The monoisotopic (exact) mass is 227 g/mol. The van der Waals surface area contributed by atoms with E-state index in [0.29, 0.717) is 6.07 Å². The van der Waals surface area contributed by atoms with Crippen LogP contribution in [-0.4, -0.2) is 22.3 Å². The number of nitro benzene ring substituents is 1. The zero-order valence-electron chi connectivity index (χ0n) is 7.84. The Kier molecular flexibility index (Phi) is 3.29. The summed E-state index contributed by atoms with van der Waals surface area (Å²) in [5.41, 5.74) is -1.33. The summed E-state index contributed by atoms with van der Waals surface area (Å²) in [6, 6.07) is 1.35. The van der Waals surface area contributed by atoms with Crippen LogP contribution in [-0.2, 0) is 11.2 Å². The van der Waals surface area contributed by atoms with Crippen LogP contribution in [0, 0.1) is 15.9 Å². The van der Waals surface area contributed by atoms with Crippen molar-refractivity contribution >= 4 is 17.9 Å². The summed E-state index contributed by atoms with van der Waals surface area (Å²) in [5, 5.41) is 19.1. The van der Waals surface area contributed by atoms with E-state index < -0.39 is 28.8 Å². The largest absolute Gasteiger partial charge is 0.481 e. The Labute approximate surface area is 88.5 Å². The van der Waals surface area contributed by atoms with Crippen LogP contribution in [0.15, 0.2) is 12.1 Å². The maximum Gasteiger partial charge on any atom is 0.308 e. The van der Waals surface area contributed by atoms with Gasteiger partial charge in [0.1, 0.15) is 5.82 Å². The summed E-state index contributed by atoms with van der Waals surface area (Å²) in [5.74, 6) is -2.29. The van der Waals surface area contributed by atoms with Gasteiger partial charge in [-0.15, -0.1) is 0 Å². The second-order valence-electron chi connectivity index (χ2n) is 2.94. The molecule has 0 aliphatic carbocycles. The molecule has 0 aliphatic heterocycles. The van der Waals surface area contributed by atoms with Crippen LogP contribution in [0.25, 0.3) is 0 Å². The van der Waals surface area contributed by atoms with Gasteiger partial charge < -0.3 is 5.11 Å². The number of carbonyl (C=O) groups is 2. The molecule has 0 unspecified atom stereocenters. The predicted molar refractivity (Wildman–Crippen MR) is 49.8 cm³/mol. The van der Waals surface area contributed by atoms with E-state index in [0.717, 1.165) is 6.07 Å². The highest BCUT2D eigenvalue weighted by atomic mass is 19.1. The van der Waals surface area contributed by atoms with Gasteiger partial charge in [0.2, 0.25) is 0 Å². The SMILES string of the molecule is O=Cc1cc(F)cc([N+](=O)[O-])c1CC(=O)O. The zero-order chi connectivity index (χ0) is 12.3. The van der Waals surface area contributed by atoms with E-state index in [1.807, 2.05) is 0 Å². The second-order valence-corrected chi connectivity index (χ2v) is 2.94. The maximum atomic E-state index is 12.9. The van der Waals surface area contributed by atoms with Crippen LogP contribution in [0.3, 0.4) is 0 Å². The van der Waals surface area contributed by atoms with Crippen molar-refractivity contribution < 1.29 is 24.0 Å². The first-order chi connectivity index (χ1) is 7.45. The summed E-state index contributed by atoms with van der Waals surface area (Å²) in [6.07, 6.45) is -0.515. The number of aliphatic carboxylic acids is 1. The minimum atomic E-state index is -1.34. The van der Waals surface area contributed by atoms with Gasteiger partial charge in [-0.3, -0.25) is 19.7 Å². The number of rotatable bonds is 4. The Morgan fingerprint density at radius 1 is 1.56 bits per heavy atom. The quantitative estimate of drug-likeness (QED) is 0.473. The van der Waals surface area contributed by atoms with E-state index in [1.165, 1.54) is 0 Å². The van der Waals surface area contributed by atoms with Gasteiger partial charge in [0.25, 0.3) is 5.69 Å². The molecule has 0 radical (unpaired) electrons. The van der Waals surface area contributed by atoms with Crippen molar-refractivity contribution in [3.63, 3.8) is 0 Å². The van der Waals surface area contributed by atoms with Gasteiger partial charge in [-0.1, -0.05) is 0 Å². The third-order valence-electron chi connectivity index (χ3n) is 1.88. The number of carbonyl (C=O) groups excluding carboxylic acids is 1. The lowest BCUT2D eigenvalue weighted by atomic mass is 10.0. The number of carboxylic acid groups (broad SMARTS) is 1. The summed E-state index contributed by atoms with van der Waals surface area (Å²) in [6.45, 7) is 0. The van der Waals surface area contributed by atoms with Crippen molar-refractivity contribution in [3.05, 3.63) is 39.2 Å². The molecule has 16 heavy (non-hydrogen) atoms. The van der Waals surface area contributed by atoms with E-state index >= 15 is 0 Å². The minimum Gasteiger partial charge on any atom is -0.481 e. The van der Waals surface area contributed by atoms with Gasteiger partial charge in [-0.2, -0.15) is 0 Å². The van der Waals surface area contributed by atoms with Crippen molar-refractivity contribution in [2.45, 2.75) is 6.42 Å². The van der Waals surface area contributed by atoms with E-state index in [4.69, 9.17) is 5.11 Å². The number of hydrogen-bond acceptors (Lipinski definition) is 4. The zero-order valence-corrected chi connectivity index (χ0v) is 7.84. The molecule has 1 rings (SSSR count).